The van der Waals surface area contributed by atoms with Crippen molar-refractivity contribution in [1.82, 2.24) is 19.6 Å². The van der Waals surface area contributed by atoms with Crippen molar-refractivity contribution in [1.29, 1.82) is 0 Å². The van der Waals surface area contributed by atoms with Crippen LogP contribution in [0.1, 0.15) is 5.76 Å². The highest BCUT2D eigenvalue weighted by Crippen LogP contribution is 2.24. The molecule has 0 aliphatic carbocycles. The van der Waals surface area contributed by atoms with Gasteiger partial charge in [-0.3, -0.25) is 4.79 Å². The zero-order chi connectivity index (χ0) is 16.0. The van der Waals surface area contributed by atoms with Gasteiger partial charge >= 0.3 is 0 Å². The van der Waals surface area contributed by atoms with Crippen molar-refractivity contribution in [3.63, 3.8) is 0 Å². The lowest BCUT2D eigenvalue weighted by Crippen LogP contribution is -2.14. The highest BCUT2D eigenvalue weighted by Gasteiger charge is 2.15. The molecular weight excluding hydrogens is 316 g/mol. The number of halogens is 1. The summed E-state index contributed by atoms with van der Waals surface area (Å²) in [6.45, 7) is 1.81. The summed E-state index contributed by atoms with van der Waals surface area (Å²) < 4.78 is 6.82. The minimum atomic E-state index is -0.238. The molecule has 0 atom stereocenters. The summed E-state index contributed by atoms with van der Waals surface area (Å²) in [5.41, 5.74) is 2.45. The minimum Gasteiger partial charge on any atom is -0.441 e. The standard InChI is InChI=1S/C16H11ClN4O2/c1-9-7-18-16(23-9)12-8-19-21-14(22)6-13(20-15(12)21)10-2-4-11(17)5-3-10/h2-8,20H,1H3. The average Bonchev–Trinajstić information content (AvgIpc) is 3.14. The molecule has 0 radical (unpaired) electrons. The van der Waals surface area contributed by atoms with Crippen LogP contribution in [-0.2, 0) is 0 Å². The molecule has 0 bridgehead atoms. The summed E-state index contributed by atoms with van der Waals surface area (Å²) in [5, 5.41) is 4.74. The molecule has 4 rings (SSSR count). The fraction of sp³-hybridized carbons (Fsp3) is 0.0625. The molecule has 0 amide bonds. The SMILES string of the molecule is Cc1cnc(-c2cnn3c(=O)cc(-c4ccc(Cl)cc4)[nH]c23)o1. The van der Waals surface area contributed by atoms with Crippen molar-refractivity contribution in [2.45, 2.75) is 6.92 Å². The first-order valence-electron chi connectivity index (χ1n) is 6.91. The molecule has 7 heteroatoms. The number of nitrogens with zero attached hydrogens (tertiary/aromatic N) is 3. The molecule has 0 saturated carbocycles. The van der Waals surface area contributed by atoms with Crippen LogP contribution in [0.5, 0.6) is 0 Å². The monoisotopic (exact) mass is 326 g/mol. The number of benzene rings is 1. The Morgan fingerprint density at radius 1 is 1.22 bits per heavy atom. The lowest BCUT2D eigenvalue weighted by atomic mass is 10.1. The number of oxazole rings is 1. The smallest absolute Gasteiger partial charge is 0.274 e. The van der Waals surface area contributed by atoms with Crippen LogP contribution in [0.4, 0.5) is 0 Å². The highest BCUT2D eigenvalue weighted by atomic mass is 35.5. The first-order valence-corrected chi connectivity index (χ1v) is 7.29. The summed E-state index contributed by atoms with van der Waals surface area (Å²) in [6, 6.07) is 8.72. The van der Waals surface area contributed by atoms with Gasteiger partial charge in [0.1, 0.15) is 11.3 Å². The Morgan fingerprint density at radius 3 is 2.70 bits per heavy atom. The van der Waals surface area contributed by atoms with Crippen LogP contribution in [0.15, 0.2) is 51.9 Å². The molecule has 0 fully saturated rings. The zero-order valence-electron chi connectivity index (χ0n) is 12.1. The Labute approximate surface area is 135 Å². The highest BCUT2D eigenvalue weighted by molar-refractivity contribution is 6.30. The van der Waals surface area contributed by atoms with Crippen LogP contribution in [0.25, 0.3) is 28.4 Å². The van der Waals surface area contributed by atoms with Crippen molar-refractivity contribution >= 4 is 17.2 Å². The van der Waals surface area contributed by atoms with Crippen molar-refractivity contribution in [2.24, 2.45) is 0 Å². The summed E-state index contributed by atoms with van der Waals surface area (Å²) in [5.74, 6) is 1.11. The summed E-state index contributed by atoms with van der Waals surface area (Å²) in [4.78, 5) is 19.7. The van der Waals surface area contributed by atoms with Crippen molar-refractivity contribution in [3.05, 3.63) is 63.9 Å². The molecule has 0 saturated heterocycles. The first kappa shape index (κ1) is 13.8. The van der Waals surface area contributed by atoms with Crippen LogP contribution in [0.3, 0.4) is 0 Å². The molecule has 114 valence electrons. The Hall–Kier alpha value is -2.86. The summed E-state index contributed by atoms with van der Waals surface area (Å²) >= 11 is 5.91. The molecule has 0 aliphatic heterocycles. The third-order valence-corrected chi connectivity index (χ3v) is 3.76. The van der Waals surface area contributed by atoms with Crippen LogP contribution in [0, 0.1) is 6.92 Å². The maximum atomic E-state index is 12.3. The number of rotatable bonds is 2. The van der Waals surface area contributed by atoms with Crippen molar-refractivity contribution < 1.29 is 4.42 Å². The lowest BCUT2D eigenvalue weighted by Gasteiger charge is -2.04. The van der Waals surface area contributed by atoms with E-state index in [0.717, 1.165) is 5.56 Å². The minimum absolute atomic E-state index is 0.238. The van der Waals surface area contributed by atoms with E-state index in [0.29, 0.717) is 33.6 Å². The zero-order valence-corrected chi connectivity index (χ0v) is 12.8. The van der Waals surface area contributed by atoms with E-state index in [-0.39, 0.29) is 5.56 Å². The Kier molecular flexibility index (Phi) is 3.06. The van der Waals surface area contributed by atoms with Gasteiger partial charge in [0.25, 0.3) is 5.56 Å². The van der Waals surface area contributed by atoms with Crippen LogP contribution >= 0.6 is 11.6 Å². The van der Waals surface area contributed by atoms with Gasteiger partial charge in [0.05, 0.1) is 18.1 Å². The molecule has 0 aliphatic rings. The second-order valence-corrected chi connectivity index (χ2v) is 5.56. The molecule has 4 aromatic rings. The van der Waals surface area contributed by atoms with Crippen LogP contribution in [-0.4, -0.2) is 19.6 Å². The molecule has 0 unspecified atom stereocenters. The first-order chi connectivity index (χ1) is 11.1. The number of nitrogens with one attached hydrogen (secondary N) is 1. The fourth-order valence-corrected chi connectivity index (χ4v) is 2.53. The largest absolute Gasteiger partial charge is 0.441 e. The molecule has 3 heterocycles. The summed E-state index contributed by atoms with van der Waals surface area (Å²) in [6.07, 6.45) is 3.18. The van der Waals surface area contributed by atoms with Gasteiger partial charge in [0, 0.05) is 11.1 Å². The van der Waals surface area contributed by atoms with E-state index >= 15 is 0 Å². The maximum absolute atomic E-state index is 12.3. The van der Waals surface area contributed by atoms with Gasteiger partial charge in [0.2, 0.25) is 5.89 Å². The number of aromatic nitrogens is 4. The average molecular weight is 327 g/mol. The van der Waals surface area contributed by atoms with Gasteiger partial charge in [-0.15, -0.1) is 0 Å². The molecule has 0 spiro atoms. The lowest BCUT2D eigenvalue weighted by molar-refractivity contribution is 0.543. The summed E-state index contributed by atoms with van der Waals surface area (Å²) in [7, 11) is 0. The second kappa shape index (κ2) is 5.10. The maximum Gasteiger partial charge on any atom is 0.274 e. The molecule has 1 aromatic carbocycles. The Morgan fingerprint density at radius 2 is 2.00 bits per heavy atom. The third-order valence-electron chi connectivity index (χ3n) is 3.51. The molecule has 6 nitrogen and oxygen atoms in total. The van der Waals surface area contributed by atoms with E-state index in [2.05, 4.69) is 15.1 Å². The van der Waals surface area contributed by atoms with Gasteiger partial charge in [-0.1, -0.05) is 23.7 Å². The Bertz CT molecular complexity index is 1060. The fourth-order valence-electron chi connectivity index (χ4n) is 2.40. The van der Waals surface area contributed by atoms with Crippen molar-refractivity contribution in [3.8, 4) is 22.7 Å². The predicted octanol–water partition coefficient (Wildman–Crippen LogP) is 3.31. The van der Waals surface area contributed by atoms with E-state index in [1.54, 1.807) is 24.5 Å². The van der Waals surface area contributed by atoms with E-state index in [1.807, 2.05) is 19.1 Å². The van der Waals surface area contributed by atoms with Gasteiger partial charge < -0.3 is 9.40 Å². The van der Waals surface area contributed by atoms with Gasteiger partial charge in [-0.25, -0.2) is 4.98 Å². The number of aryl methyl sites for hydroxylation is 1. The molecule has 23 heavy (non-hydrogen) atoms. The van der Waals surface area contributed by atoms with Crippen molar-refractivity contribution in [2.75, 3.05) is 0 Å². The van der Waals surface area contributed by atoms with E-state index in [4.69, 9.17) is 16.0 Å². The van der Waals surface area contributed by atoms with Gasteiger partial charge in [0.15, 0.2) is 5.65 Å². The third kappa shape index (κ3) is 2.33. The van der Waals surface area contributed by atoms with Gasteiger partial charge in [-0.05, 0) is 24.6 Å². The van der Waals surface area contributed by atoms with E-state index in [9.17, 15) is 4.79 Å². The van der Waals surface area contributed by atoms with Gasteiger partial charge in [-0.2, -0.15) is 9.61 Å². The number of hydrogen-bond acceptors (Lipinski definition) is 4. The van der Waals surface area contributed by atoms with E-state index in [1.165, 1.54) is 10.6 Å². The predicted molar refractivity (Wildman–Crippen MR) is 86.5 cm³/mol. The van der Waals surface area contributed by atoms with Crippen LogP contribution < -0.4 is 5.56 Å². The quantitative estimate of drug-likeness (QED) is 0.613. The number of aromatic amines is 1. The normalized spacial score (nSPS) is 11.2. The Balaban J connectivity index is 1.95. The van der Waals surface area contributed by atoms with E-state index < -0.39 is 0 Å². The number of H-pyrrole nitrogens is 1. The topological polar surface area (TPSA) is 76.2 Å². The second-order valence-electron chi connectivity index (χ2n) is 5.12. The van der Waals surface area contributed by atoms with Crippen LogP contribution in [0.2, 0.25) is 5.02 Å². The molecular formula is C16H11ClN4O2. The number of fused-ring (bicyclic) bond motifs is 1. The molecule has 1 N–H and O–H groups in total. The number of hydrogen-bond donors (Lipinski definition) is 1. The molecule has 3 aromatic heterocycles.